The van der Waals surface area contributed by atoms with Gasteiger partial charge in [-0.1, -0.05) is 0 Å². The molecule has 6 heteroatoms. The first-order valence-electron chi connectivity index (χ1n) is 6.43. The average molecular weight is 273 g/mol. The predicted molar refractivity (Wildman–Crippen MR) is 73.2 cm³/mol. The molecule has 1 aliphatic rings. The van der Waals surface area contributed by atoms with Crippen molar-refractivity contribution in [2.75, 3.05) is 18.5 Å². The van der Waals surface area contributed by atoms with Crippen LogP contribution in [0.5, 0.6) is 11.5 Å². The second-order valence-corrected chi connectivity index (χ2v) is 4.54. The molecule has 104 valence electrons. The normalized spacial score (nSPS) is 13.7. The van der Waals surface area contributed by atoms with Gasteiger partial charge in [-0.25, -0.2) is 0 Å². The van der Waals surface area contributed by atoms with E-state index < -0.39 is 0 Å². The van der Waals surface area contributed by atoms with Crippen molar-refractivity contribution in [3.63, 3.8) is 0 Å². The second kappa shape index (κ2) is 5.24. The fourth-order valence-electron chi connectivity index (χ4n) is 1.97. The highest BCUT2D eigenvalue weighted by Crippen LogP contribution is 2.30. The molecular formula is C14H15N3O3. The highest BCUT2D eigenvalue weighted by atomic mass is 16.5. The summed E-state index contributed by atoms with van der Waals surface area (Å²) in [6, 6.07) is 6.90. The highest BCUT2D eigenvalue weighted by Gasteiger charge is 2.14. The van der Waals surface area contributed by atoms with Crippen LogP contribution in [0.15, 0.2) is 30.5 Å². The average Bonchev–Trinajstić information content (AvgIpc) is 2.72. The molecule has 2 aromatic rings. The second-order valence-electron chi connectivity index (χ2n) is 4.54. The Hall–Kier alpha value is -2.50. The number of rotatable bonds is 2. The summed E-state index contributed by atoms with van der Waals surface area (Å²) in [4.78, 5) is 12.1. The summed E-state index contributed by atoms with van der Waals surface area (Å²) in [6.45, 7) is 1.23. The lowest BCUT2D eigenvalue weighted by Gasteiger charge is -2.09. The molecule has 1 aromatic carbocycles. The zero-order valence-electron chi connectivity index (χ0n) is 11.1. The van der Waals surface area contributed by atoms with Crippen LogP contribution >= 0.6 is 0 Å². The van der Waals surface area contributed by atoms with Crippen LogP contribution in [0.1, 0.15) is 16.8 Å². The summed E-state index contributed by atoms with van der Waals surface area (Å²) in [5, 5.41) is 6.84. The van der Waals surface area contributed by atoms with Crippen molar-refractivity contribution in [3.05, 3.63) is 36.0 Å². The Balaban J connectivity index is 1.79. The van der Waals surface area contributed by atoms with E-state index in [0.717, 1.165) is 6.42 Å². The van der Waals surface area contributed by atoms with Gasteiger partial charge in [-0.05, 0) is 18.2 Å². The third-order valence-corrected chi connectivity index (χ3v) is 2.96. The largest absolute Gasteiger partial charge is 0.490 e. The van der Waals surface area contributed by atoms with Crippen molar-refractivity contribution in [1.29, 1.82) is 0 Å². The maximum Gasteiger partial charge on any atom is 0.257 e. The van der Waals surface area contributed by atoms with Crippen LogP contribution in [-0.4, -0.2) is 28.9 Å². The molecule has 1 aromatic heterocycles. The van der Waals surface area contributed by atoms with Crippen molar-refractivity contribution in [1.82, 2.24) is 9.78 Å². The number of hydrogen-bond donors (Lipinski definition) is 1. The maximum atomic E-state index is 12.1. The molecule has 0 bridgehead atoms. The zero-order valence-corrected chi connectivity index (χ0v) is 11.1. The minimum Gasteiger partial charge on any atom is -0.490 e. The molecule has 1 aliphatic heterocycles. The number of hydrogen-bond acceptors (Lipinski definition) is 4. The molecule has 0 unspecified atom stereocenters. The van der Waals surface area contributed by atoms with Crippen molar-refractivity contribution in [2.45, 2.75) is 6.42 Å². The SMILES string of the molecule is Cn1ccc(NC(=O)c2ccc3c(c2)OCCCO3)n1. The number of benzene rings is 1. The molecule has 3 rings (SSSR count). The molecule has 1 N–H and O–H groups in total. The Morgan fingerprint density at radius 1 is 1.25 bits per heavy atom. The van der Waals surface area contributed by atoms with E-state index in [2.05, 4.69) is 10.4 Å². The topological polar surface area (TPSA) is 65.4 Å². The third kappa shape index (κ3) is 2.59. The lowest BCUT2D eigenvalue weighted by atomic mass is 10.2. The zero-order chi connectivity index (χ0) is 13.9. The van der Waals surface area contributed by atoms with Gasteiger partial charge in [0.15, 0.2) is 17.3 Å². The van der Waals surface area contributed by atoms with Crippen LogP contribution in [0.4, 0.5) is 5.82 Å². The van der Waals surface area contributed by atoms with Crippen molar-refractivity contribution in [2.24, 2.45) is 7.05 Å². The third-order valence-electron chi connectivity index (χ3n) is 2.96. The van der Waals surface area contributed by atoms with Gasteiger partial charge in [0, 0.05) is 31.3 Å². The molecule has 0 fully saturated rings. The number of carbonyl (C=O) groups excluding carboxylic acids is 1. The predicted octanol–water partition coefficient (Wildman–Crippen LogP) is 1.83. The highest BCUT2D eigenvalue weighted by molar-refractivity contribution is 6.04. The van der Waals surface area contributed by atoms with Gasteiger partial charge in [-0.2, -0.15) is 5.10 Å². The summed E-state index contributed by atoms with van der Waals surface area (Å²) < 4.78 is 12.7. The van der Waals surface area contributed by atoms with Gasteiger partial charge in [0.05, 0.1) is 13.2 Å². The molecule has 0 saturated heterocycles. The Bertz CT molecular complexity index is 636. The van der Waals surface area contributed by atoms with E-state index in [1.165, 1.54) is 0 Å². The fourth-order valence-corrected chi connectivity index (χ4v) is 1.97. The number of ether oxygens (including phenoxy) is 2. The van der Waals surface area contributed by atoms with Crippen LogP contribution in [-0.2, 0) is 7.05 Å². The number of amides is 1. The molecular weight excluding hydrogens is 258 g/mol. The smallest absolute Gasteiger partial charge is 0.257 e. The van der Waals surface area contributed by atoms with E-state index in [9.17, 15) is 4.79 Å². The van der Waals surface area contributed by atoms with Crippen LogP contribution in [0, 0.1) is 0 Å². The van der Waals surface area contributed by atoms with E-state index >= 15 is 0 Å². The van der Waals surface area contributed by atoms with Gasteiger partial charge in [0.25, 0.3) is 5.91 Å². The van der Waals surface area contributed by atoms with E-state index in [-0.39, 0.29) is 5.91 Å². The van der Waals surface area contributed by atoms with Gasteiger partial charge in [-0.3, -0.25) is 9.48 Å². The van der Waals surface area contributed by atoms with Gasteiger partial charge < -0.3 is 14.8 Å². The molecule has 1 amide bonds. The van der Waals surface area contributed by atoms with E-state index in [4.69, 9.17) is 9.47 Å². The maximum absolute atomic E-state index is 12.1. The minimum absolute atomic E-state index is 0.223. The van der Waals surface area contributed by atoms with Crippen LogP contribution in [0.3, 0.4) is 0 Å². The molecule has 20 heavy (non-hydrogen) atoms. The Kier molecular flexibility index (Phi) is 3.28. The van der Waals surface area contributed by atoms with Crippen LogP contribution in [0.25, 0.3) is 0 Å². The number of anilines is 1. The van der Waals surface area contributed by atoms with Gasteiger partial charge in [0.1, 0.15) is 0 Å². The van der Waals surface area contributed by atoms with Gasteiger partial charge >= 0.3 is 0 Å². The van der Waals surface area contributed by atoms with Crippen LogP contribution < -0.4 is 14.8 Å². The molecule has 0 aliphatic carbocycles. The summed E-state index contributed by atoms with van der Waals surface area (Å²) in [7, 11) is 1.79. The Labute approximate surface area is 116 Å². The monoisotopic (exact) mass is 273 g/mol. The van der Waals surface area contributed by atoms with Gasteiger partial charge in [-0.15, -0.1) is 0 Å². The number of carbonyl (C=O) groups is 1. The molecule has 0 atom stereocenters. The van der Waals surface area contributed by atoms with Crippen LogP contribution in [0.2, 0.25) is 0 Å². The molecule has 0 saturated carbocycles. The summed E-state index contributed by atoms with van der Waals surface area (Å²) in [5.41, 5.74) is 0.514. The number of nitrogens with zero attached hydrogens (tertiary/aromatic N) is 2. The molecule has 2 heterocycles. The standard InChI is InChI=1S/C14H15N3O3/c1-17-6-5-13(16-17)15-14(18)10-3-4-11-12(9-10)20-8-2-7-19-11/h3-6,9H,2,7-8H2,1H3,(H,15,16,18). The fraction of sp³-hybridized carbons (Fsp3) is 0.286. The summed E-state index contributed by atoms with van der Waals surface area (Å²) in [5.74, 6) is 1.58. The minimum atomic E-state index is -0.223. The first-order chi connectivity index (χ1) is 9.72. The number of aromatic nitrogens is 2. The summed E-state index contributed by atoms with van der Waals surface area (Å²) >= 11 is 0. The van der Waals surface area contributed by atoms with E-state index in [0.29, 0.717) is 36.1 Å². The summed E-state index contributed by atoms with van der Waals surface area (Å²) in [6.07, 6.45) is 2.60. The van der Waals surface area contributed by atoms with Crippen molar-refractivity contribution < 1.29 is 14.3 Å². The Morgan fingerprint density at radius 3 is 2.80 bits per heavy atom. The van der Waals surface area contributed by atoms with E-state index in [1.807, 2.05) is 0 Å². The Morgan fingerprint density at radius 2 is 2.05 bits per heavy atom. The van der Waals surface area contributed by atoms with Gasteiger partial charge in [0.2, 0.25) is 0 Å². The van der Waals surface area contributed by atoms with Crippen molar-refractivity contribution >= 4 is 11.7 Å². The van der Waals surface area contributed by atoms with Crippen molar-refractivity contribution in [3.8, 4) is 11.5 Å². The molecule has 0 spiro atoms. The first kappa shape index (κ1) is 12.5. The van der Waals surface area contributed by atoms with E-state index in [1.54, 1.807) is 42.2 Å². The quantitative estimate of drug-likeness (QED) is 0.906. The number of aryl methyl sites for hydroxylation is 1. The number of nitrogens with one attached hydrogen (secondary N) is 1. The lowest BCUT2D eigenvalue weighted by Crippen LogP contribution is -2.12. The molecule has 0 radical (unpaired) electrons. The number of fused-ring (bicyclic) bond motifs is 1. The lowest BCUT2D eigenvalue weighted by molar-refractivity contribution is 0.102. The first-order valence-corrected chi connectivity index (χ1v) is 6.43. The molecule has 6 nitrogen and oxygen atoms in total.